The first-order valence-electron chi connectivity index (χ1n) is 10.2. The topological polar surface area (TPSA) is 40.5 Å². The Morgan fingerprint density at radius 2 is 2.08 bits per heavy atom. The van der Waals surface area contributed by atoms with Gasteiger partial charge in [0.1, 0.15) is 5.75 Å². The molecule has 0 spiro atoms. The molecule has 4 rings (SSSR count). The Hall–Kier alpha value is -1.28. The second-order valence-corrected chi connectivity index (χ2v) is 8.86. The summed E-state index contributed by atoms with van der Waals surface area (Å²) >= 11 is 0. The SMILES string of the molecule is CCCC/C=C1\C[C@@H]2[C@H](CC[C@]3(C)[C@@H](O)CC[C@@H]23)c2ccc(O)cc21. The quantitative estimate of drug-likeness (QED) is 0.699. The van der Waals surface area contributed by atoms with Crippen molar-refractivity contribution in [3.05, 3.63) is 35.4 Å². The molecule has 0 amide bonds. The molecule has 3 aliphatic carbocycles. The van der Waals surface area contributed by atoms with Crippen LogP contribution in [0.5, 0.6) is 5.75 Å². The van der Waals surface area contributed by atoms with Crippen molar-refractivity contribution in [2.24, 2.45) is 17.3 Å². The van der Waals surface area contributed by atoms with Gasteiger partial charge in [0.2, 0.25) is 0 Å². The molecule has 2 fully saturated rings. The number of aliphatic hydroxyl groups is 1. The summed E-state index contributed by atoms with van der Waals surface area (Å²) < 4.78 is 0. The van der Waals surface area contributed by atoms with Gasteiger partial charge in [-0.25, -0.2) is 0 Å². The maximum Gasteiger partial charge on any atom is 0.116 e. The smallest absolute Gasteiger partial charge is 0.116 e. The molecule has 2 nitrogen and oxygen atoms in total. The van der Waals surface area contributed by atoms with E-state index in [-0.39, 0.29) is 11.5 Å². The van der Waals surface area contributed by atoms with Crippen LogP contribution in [0.3, 0.4) is 0 Å². The zero-order chi connectivity index (χ0) is 17.6. The van der Waals surface area contributed by atoms with E-state index >= 15 is 0 Å². The van der Waals surface area contributed by atoms with Crippen LogP contribution in [-0.4, -0.2) is 16.3 Å². The molecule has 0 heterocycles. The minimum atomic E-state index is -0.118. The molecule has 1 aromatic carbocycles. The number of aromatic hydroxyl groups is 1. The van der Waals surface area contributed by atoms with E-state index in [9.17, 15) is 10.2 Å². The van der Waals surface area contributed by atoms with E-state index in [0.29, 0.717) is 23.5 Å². The second-order valence-electron chi connectivity index (χ2n) is 8.86. The molecular weight excluding hydrogens is 308 g/mol. The summed E-state index contributed by atoms with van der Waals surface area (Å²) in [5.41, 5.74) is 4.29. The van der Waals surface area contributed by atoms with Crippen LogP contribution < -0.4 is 0 Å². The summed E-state index contributed by atoms with van der Waals surface area (Å²) in [6.07, 6.45) is 11.5. The fourth-order valence-corrected chi connectivity index (χ4v) is 6.11. The Labute approximate surface area is 152 Å². The average molecular weight is 341 g/mol. The van der Waals surface area contributed by atoms with Crippen LogP contribution in [0.4, 0.5) is 0 Å². The second kappa shape index (κ2) is 6.46. The number of unbranched alkanes of at least 4 members (excludes halogenated alkanes) is 2. The number of fused-ring (bicyclic) bond motifs is 5. The highest BCUT2D eigenvalue weighted by molar-refractivity contribution is 5.72. The van der Waals surface area contributed by atoms with Crippen LogP contribution in [0.25, 0.3) is 5.57 Å². The van der Waals surface area contributed by atoms with Gasteiger partial charge in [0, 0.05) is 0 Å². The molecule has 1 aromatic rings. The number of rotatable bonds is 3. The lowest BCUT2D eigenvalue weighted by atomic mass is 9.54. The monoisotopic (exact) mass is 340 g/mol. The largest absolute Gasteiger partial charge is 0.508 e. The predicted molar refractivity (Wildman–Crippen MR) is 103 cm³/mol. The molecule has 136 valence electrons. The first-order chi connectivity index (χ1) is 12.0. The van der Waals surface area contributed by atoms with E-state index < -0.39 is 0 Å². The van der Waals surface area contributed by atoms with Crippen LogP contribution in [0.2, 0.25) is 0 Å². The Kier molecular flexibility index (Phi) is 4.43. The molecule has 0 saturated heterocycles. The van der Waals surface area contributed by atoms with Gasteiger partial charge in [-0.05, 0) is 90.5 Å². The van der Waals surface area contributed by atoms with Crippen LogP contribution in [0.1, 0.15) is 82.3 Å². The first-order valence-corrected chi connectivity index (χ1v) is 10.2. The average Bonchev–Trinajstić information content (AvgIpc) is 2.90. The van der Waals surface area contributed by atoms with Crippen LogP contribution >= 0.6 is 0 Å². The van der Waals surface area contributed by atoms with Crippen molar-refractivity contribution in [1.29, 1.82) is 0 Å². The van der Waals surface area contributed by atoms with E-state index in [2.05, 4.69) is 26.0 Å². The highest BCUT2D eigenvalue weighted by Crippen LogP contribution is 2.62. The minimum Gasteiger partial charge on any atom is -0.508 e. The van der Waals surface area contributed by atoms with Crippen LogP contribution in [-0.2, 0) is 0 Å². The predicted octanol–water partition coefficient (Wildman–Crippen LogP) is 5.64. The molecule has 3 aliphatic rings. The number of allylic oxidation sites excluding steroid dienone is 2. The Balaban J connectivity index is 1.73. The third-order valence-corrected chi connectivity index (χ3v) is 7.57. The normalized spacial score (nSPS) is 38.3. The third-order valence-electron chi connectivity index (χ3n) is 7.57. The zero-order valence-corrected chi connectivity index (χ0v) is 15.7. The maximum absolute atomic E-state index is 10.6. The fraction of sp³-hybridized carbons (Fsp3) is 0.652. The molecule has 2 N–H and O–H groups in total. The molecule has 2 saturated carbocycles. The lowest BCUT2D eigenvalue weighted by Crippen LogP contribution is -2.43. The number of hydrogen-bond acceptors (Lipinski definition) is 2. The maximum atomic E-state index is 10.6. The van der Waals surface area contributed by atoms with Gasteiger partial charge >= 0.3 is 0 Å². The van der Waals surface area contributed by atoms with E-state index in [1.54, 1.807) is 0 Å². The lowest BCUT2D eigenvalue weighted by molar-refractivity contribution is -0.0183. The molecule has 0 aromatic heterocycles. The fourth-order valence-electron chi connectivity index (χ4n) is 6.11. The van der Waals surface area contributed by atoms with Crippen molar-refractivity contribution in [3.63, 3.8) is 0 Å². The standard InChI is InChI=1S/C23H32O2/c1-3-4-5-6-15-13-20-18(17-8-7-16(24)14-19(15)17)11-12-23(2)21(20)9-10-22(23)25/h6-8,14,18,20-22,24-25H,3-5,9-13H2,1-2H3/b15-6+/t18-,20-,21+,22+,23+/m1/s1. The van der Waals surface area contributed by atoms with Crippen molar-refractivity contribution < 1.29 is 10.2 Å². The molecule has 0 unspecified atom stereocenters. The van der Waals surface area contributed by atoms with Gasteiger partial charge in [0.05, 0.1) is 6.10 Å². The van der Waals surface area contributed by atoms with Crippen LogP contribution in [0, 0.1) is 17.3 Å². The van der Waals surface area contributed by atoms with Gasteiger partial charge in [-0.2, -0.15) is 0 Å². The van der Waals surface area contributed by atoms with E-state index in [1.165, 1.54) is 42.4 Å². The van der Waals surface area contributed by atoms with Gasteiger partial charge in [0.15, 0.2) is 0 Å². The summed E-state index contributed by atoms with van der Waals surface area (Å²) in [5, 5.41) is 20.6. The number of hydrogen-bond donors (Lipinski definition) is 2. The molecule has 5 atom stereocenters. The van der Waals surface area contributed by atoms with Crippen molar-refractivity contribution in [2.45, 2.75) is 77.2 Å². The summed E-state index contributed by atoms with van der Waals surface area (Å²) in [5.74, 6) is 2.27. The van der Waals surface area contributed by atoms with Gasteiger partial charge in [-0.1, -0.05) is 38.8 Å². The highest BCUT2D eigenvalue weighted by atomic mass is 16.3. The number of aliphatic hydroxyl groups excluding tert-OH is 1. The van der Waals surface area contributed by atoms with Gasteiger partial charge in [-0.15, -0.1) is 0 Å². The van der Waals surface area contributed by atoms with Crippen molar-refractivity contribution >= 4 is 5.57 Å². The molecule has 0 aliphatic heterocycles. The summed E-state index contributed by atoms with van der Waals surface area (Å²) in [6.45, 7) is 4.57. The third kappa shape index (κ3) is 2.73. The Bertz CT molecular complexity index is 677. The van der Waals surface area contributed by atoms with E-state index in [1.807, 2.05) is 12.1 Å². The van der Waals surface area contributed by atoms with Crippen LogP contribution in [0.15, 0.2) is 24.3 Å². The molecule has 2 heteroatoms. The van der Waals surface area contributed by atoms with E-state index in [0.717, 1.165) is 25.7 Å². The summed E-state index contributed by atoms with van der Waals surface area (Å²) in [6, 6.07) is 6.02. The highest BCUT2D eigenvalue weighted by Gasteiger charge is 2.54. The minimum absolute atomic E-state index is 0.115. The zero-order valence-electron chi connectivity index (χ0n) is 15.7. The molecule has 25 heavy (non-hydrogen) atoms. The Morgan fingerprint density at radius 3 is 2.88 bits per heavy atom. The number of phenols is 1. The Morgan fingerprint density at radius 1 is 1.24 bits per heavy atom. The lowest BCUT2D eigenvalue weighted by Gasteiger charge is -2.50. The summed E-state index contributed by atoms with van der Waals surface area (Å²) in [7, 11) is 0. The number of phenolic OH excluding ortho intramolecular Hbond substituents is 1. The summed E-state index contributed by atoms with van der Waals surface area (Å²) in [4.78, 5) is 0. The van der Waals surface area contributed by atoms with Crippen molar-refractivity contribution in [3.8, 4) is 5.75 Å². The molecule has 0 bridgehead atoms. The van der Waals surface area contributed by atoms with Crippen molar-refractivity contribution in [1.82, 2.24) is 0 Å². The van der Waals surface area contributed by atoms with Gasteiger partial charge < -0.3 is 10.2 Å². The number of benzene rings is 1. The van der Waals surface area contributed by atoms with Gasteiger partial charge in [0.25, 0.3) is 0 Å². The van der Waals surface area contributed by atoms with Crippen molar-refractivity contribution in [2.75, 3.05) is 0 Å². The first kappa shape index (κ1) is 17.1. The van der Waals surface area contributed by atoms with Gasteiger partial charge in [-0.3, -0.25) is 0 Å². The molecule has 0 radical (unpaired) electrons. The molecular formula is C23H32O2. The van der Waals surface area contributed by atoms with E-state index in [4.69, 9.17) is 0 Å².